The molecule has 3 heteroatoms. The first-order chi connectivity index (χ1) is 6.83. The second kappa shape index (κ2) is 4.05. The Kier molecular flexibility index (Phi) is 2.77. The van der Waals surface area contributed by atoms with Gasteiger partial charge in [0.1, 0.15) is 0 Å². The Bertz CT molecular complexity index is 349. The van der Waals surface area contributed by atoms with E-state index in [2.05, 4.69) is 6.07 Å². The molecular weight excluding hydrogens is 196 g/mol. The van der Waals surface area contributed by atoms with Crippen LogP contribution in [-0.2, 0) is 9.53 Å². The third kappa shape index (κ3) is 1.64. The highest BCUT2D eigenvalue weighted by Crippen LogP contribution is 2.37. The van der Waals surface area contributed by atoms with E-state index < -0.39 is 0 Å². The first-order valence-corrected chi connectivity index (χ1v) is 5.61. The Morgan fingerprint density at radius 3 is 3.07 bits per heavy atom. The zero-order valence-corrected chi connectivity index (χ0v) is 8.84. The third-order valence-corrected chi connectivity index (χ3v) is 3.57. The van der Waals surface area contributed by atoms with Crippen molar-refractivity contribution in [3.63, 3.8) is 0 Å². The van der Waals surface area contributed by atoms with Gasteiger partial charge in [-0.3, -0.25) is 4.79 Å². The SMILES string of the molecule is COC(=O)C1CCSc2ccccc21. The lowest BCUT2D eigenvalue weighted by atomic mass is 9.96. The molecule has 1 aliphatic rings. The van der Waals surface area contributed by atoms with E-state index in [1.807, 2.05) is 30.0 Å². The van der Waals surface area contributed by atoms with E-state index in [0.29, 0.717) is 0 Å². The van der Waals surface area contributed by atoms with Crippen LogP contribution in [0, 0.1) is 0 Å². The quantitative estimate of drug-likeness (QED) is 0.663. The average molecular weight is 208 g/mol. The lowest BCUT2D eigenvalue weighted by molar-refractivity contribution is -0.142. The summed E-state index contributed by atoms with van der Waals surface area (Å²) in [6.45, 7) is 0. The second-order valence-electron chi connectivity index (χ2n) is 3.25. The summed E-state index contributed by atoms with van der Waals surface area (Å²) in [5.41, 5.74) is 1.12. The predicted octanol–water partition coefficient (Wildman–Crippen LogP) is 2.44. The summed E-state index contributed by atoms with van der Waals surface area (Å²) in [5.74, 6) is 0.826. The van der Waals surface area contributed by atoms with Gasteiger partial charge in [-0.1, -0.05) is 18.2 Å². The number of carbonyl (C=O) groups excluding carboxylic acids is 1. The van der Waals surface area contributed by atoms with Crippen molar-refractivity contribution in [1.82, 2.24) is 0 Å². The van der Waals surface area contributed by atoms with Crippen LogP contribution in [0.3, 0.4) is 0 Å². The van der Waals surface area contributed by atoms with E-state index in [-0.39, 0.29) is 11.9 Å². The van der Waals surface area contributed by atoms with Gasteiger partial charge in [0.05, 0.1) is 13.0 Å². The molecule has 1 heterocycles. The first kappa shape index (κ1) is 9.59. The van der Waals surface area contributed by atoms with Crippen molar-refractivity contribution in [2.75, 3.05) is 12.9 Å². The molecule has 0 spiro atoms. The minimum Gasteiger partial charge on any atom is -0.469 e. The van der Waals surface area contributed by atoms with Crippen LogP contribution < -0.4 is 0 Å². The molecule has 1 aromatic carbocycles. The van der Waals surface area contributed by atoms with E-state index in [1.165, 1.54) is 12.0 Å². The smallest absolute Gasteiger partial charge is 0.313 e. The minimum atomic E-state index is -0.113. The van der Waals surface area contributed by atoms with E-state index in [9.17, 15) is 4.79 Å². The number of benzene rings is 1. The van der Waals surface area contributed by atoms with Crippen LogP contribution >= 0.6 is 11.8 Å². The number of rotatable bonds is 1. The molecule has 14 heavy (non-hydrogen) atoms. The normalized spacial score (nSPS) is 19.9. The Morgan fingerprint density at radius 1 is 1.50 bits per heavy atom. The van der Waals surface area contributed by atoms with Gasteiger partial charge in [0.15, 0.2) is 0 Å². The first-order valence-electron chi connectivity index (χ1n) is 4.62. The van der Waals surface area contributed by atoms with Crippen molar-refractivity contribution in [2.24, 2.45) is 0 Å². The molecule has 1 aromatic rings. The van der Waals surface area contributed by atoms with Crippen LogP contribution in [0.15, 0.2) is 29.2 Å². The van der Waals surface area contributed by atoms with E-state index in [1.54, 1.807) is 0 Å². The molecule has 0 saturated carbocycles. The summed E-state index contributed by atoms with van der Waals surface area (Å²) in [4.78, 5) is 12.7. The van der Waals surface area contributed by atoms with Crippen LogP contribution in [0.25, 0.3) is 0 Å². The highest BCUT2D eigenvalue weighted by Gasteiger charge is 2.26. The van der Waals surface area contributed by atoms with Crippen LogP contribution in [0.5, 0.6) is 0 Å². The lowest BCUT2D eigenvalue weighted by Gasteiger charge is -2.22. The topological polar surface area (TPSA) is 26.3 Å². The molecule has 0 N–H and O–H groups in total. The fraction of sp³-hybridized carbons (Fsp3) is 0.364. The van der Waals surface area contributed by atoms with Crippen LogP contribution in [0.1, 0.15) is 17.9 Å². The number of ether oxygens (including phenoxy) is 1. The van der Waals surface area contributed by atoms with Gasteiger partial charge < -0.3 is 4.74 Å². The monoisotopic (exact) mass is 208 g/mol. The molecule has 74 valence electrons. The minimum absolute atomic E-state index is 0.0579. The fourth-order valence-electron chi connectivity index (χ4n) is 1.73. The largest absolute Gasteiger partial charge is 0.469 e. The van der Waals surface area contributed by atoms with Gasteiger partial charge in [-0.05, 0) is 23.8 Å². The number of thioether (sulfide) groups is 1. The fourth-order valence-corrected chi connectivity index (χ4v) is 2.85. The van der Waals surface area contributed by atoms with Crippen molar-refractivity contribution in [1.29, 1.82) is 0 Å². The standard InChI is InChI=1S/C11H12O2S/c1-13-11(12)9-6-7-14-10-5-3-2-4-8(9)10/h2-5,9H,6-7H2,1H3. The van der Waals surface area contributed by atoms with Crippen molar-refractivity contribution in [3.05, 3.63) is 29.8 Å². The average Bonchev–Trinajstić information content (AvgIpc) is 2.27. The molecule has 0 fully saturated rings. The Balaban J connectivity index is 2.35. The molecular formula is C11H12O2S. The number of hydrogen-bond donors (Lipinski definition) is 0. The molecule has 1 aliphatic heterocycles. The zero-order chi connectivity index (χ0) is 9.97. The molecule has 1 unspecified atom stereocenters. The summed E-state index contributed by atoms with van der Waals surface area (Å²) in [6, 6.07) is 8.06. The van der Waals surface area contributed by atoms with Crippen molar-refractivity contribution >= 4 is 17.7 Å². The maximum atomic E-state index is 11.5. The van der Waals surface area contributed by atoms with E-state index in [0.717, 1.165) is 17.7 Å². The van der Waals surface area contributed by atoms with Gasteiger partial charge in [-0.15, -0.1) is 11.8 Å². The zero-order valence-electron chi connectivity index (χ0n) is 8.03. The summed E-state index contributed by atoms with van der Waals surface area (Å²) in [6.07, 6.45) is 0.883. The number of fused-ring (bicyclic) bond motifs is 1. The number of esters is 1. The van der Waals surface area contributed by atoms with Crippen LogP contribution in [0.2, 0.25) is 0 Å². The van der Waals surface area contributed by atoms with Crippen LogP contribution in [-0.4, -0.2) is 18.8 Å². The Morgan fingerprint density at radius 2 is 2.29 bits per heavy atom. The molecule has 0 bridgehead atoms. The van der Waals surface area contributed by atoms with Gasteiger partial charge in [-0.25, -0.2) is 0 Å². The van der Waals surface area contributed by atoms with Crippen molar-refractivity contribution < 1.29 is 9.53 Å². The Hall–Kier alpha value is -0.960. The summed E-state index contributed by atoms with van der Waals surface area (Å²) in [5, 5.41) is 0. The maximum Gasteiger partial charge on any atom is 0.313 e. The highest BCUT2D eigenvalue weighted by atomic mass is 32.2. The highest BCUT2D eigenvalue weighted by molar-refractivity contribution is 7.99. The van der Waals surface area contributed by atoms with Crippen molar-refractivity contribution in [3.8, 4) is 0 Å². The lowest BCUT2D eigenvalue weighted by Crippen LogP contribution is -2.18. The molecule has 0 aliphatic carbocycles. The molecule has 0 aromatic heterocycles. The van der Waals surface area contributed by atoms with E-state index in [4.69, 9.17) is 4.74 Å². The second-order valence-corrected chi connectivity index (χ2v) is 4.39. The van der Waals surface area contributed by atoms with Gasteiger partial charge in [-0.2, -0.15) is 0 Å². The molecule has 0 radical (unpaired) electrons. The number of hydrogen-bond acceptors (Lipinski definition) is 3. The summed E-state index contributed by atoms with van der Waals surface area (Å²) in [7, 11) is 1.45. The Labute approximate surface area is 87.6 Å². The van der Waals surface area contributed by atoms with Gasteiger partial charge >= 0.3 is 5.97 Å². The third-order valence-electron chi connectivity index (χ3n) is 2.44. The van der Waals surface area contributed by atoms with E-state index >= 15 is 0 Å². The molecule has 2 nitrogen and oxygen atoms in total. The summed E-state index contributed by atoms with van der Waals surface area (Å²) < 4.78 is 4.80. The number of methoxy groups -OCH3 is 1. The number of carbonyl (C=O) groups is 1. The van der Waals surface area contributed by atoms with Gasteiger partial charge in [0.25, 0.3) is 0 Å². The van der Waals surface area contributed by atoms with Gasteiger partial charge in [0.2, 0.25) is 0 Å². The summed E-state index contributed by atoms with van der Waals surface area (Å²) >= 11 is 1.81. The van der Waals surface area contributed by atoms with Crippen LogP contribution in [0.4, 0.5) is 0 Å². The molecule has 0 amide bonds. The molecule has 1 atom stereocenters. The van der Waals surface area contributed by atoms with Crippen molar-refractivity contribution in [2.45, 2.75) is 17.2 Å². The molecule has 0 saturated heterocycles. The molecule has 2 rings (SSSR count). The van der Waals surface area contributed by atoms with Gasteiger partial charge in [0, 0.05) is 4.90 Å². The maximum absolute atomic E-state index is 11.5. The predicted molar refractivity (Wildman–Crippen MR) is 56.5 cm³/mol.